The van der Waals surface area contributed by atoms with E-state index in [0.717, 1.165) is 24.5 Å². The number of hydrogen-bond donors (Lipinski definition) is 1. The standard InChI is InChI=1S/C23H26F6N4O3/c1-14(31-4-2-19(34)3-5-31)20-11-18-12-32(6-7-33(18)30-20)21(35)36-13-15-8-16(22(24,25)26)10-17(9-15)23(27,28)29/h8-11,14,19,34H,2-7,12-13H2,1H3. The number of halogens is 6. The number of rotatable bonds is 4. The number of carbonyl (C=O) groups is 1. The van der Waals surface area contributed by atoms with Gasteiger partial charge in [-0.15, -0.1) is 0 Å². The molecule has 13 heteroatoms. The summed E-state index contributed by atoms with van der Waals surface area (Å²) in [7, 11) is 0. The van der Waals surface area contributed by atoms with Crippen LogP contribution in [-0.4, -0.2) is 56.5 Å². The van der Waals surface area contributed by atoms with Crippen molar-refractivity contribution < 1.29 is 41.0 Å². The van der Waals surface area contributed by atoms with Crippen molar-refractivity contribution in [1.29, 1.82) is 0 Å². The number of amides is 1. The molecule has 2 aromatic rings. The van der Waals surface area contributed by atoms with Crippen LogP contribution in [0.15, 0.2) is 24.3 Å². The molecule has 7 nitrogen and oxygen atoms in total. The summed E-state index contributed by atoms with van der Waals surface area (Å²) in [6.45, 7) is 3.52. The molecule has 2 aliphatic heterocycles. The Labute approximate surface area is 203 Å². The Bertz CT molecular complexity index is 1060. The fourth-order valence-corrected chi connectivity index (χ4v) is 4.45. The first kappa shape index (κ1) is 26.3. The van der Waals surface area contributed by atoms with Crippen LogP contribution in [0, 0.1) is 0 Å². The number of nitrogens with zero attached hydrogens (tertiary/aromatic N) is 4. The molecule has 1 aromatic carbocycles. The van der Waals surface area contributed by atoms with Gasteiger partial charge in [-0.3, -0.25) is 9.58 Å². The van der Waals surface area contributed by atoms with Gasteiger partial charge in [-0.1, -0.05) is 0 Å². The van der Waals surface area contributed by atoms with Crippen LogP contribution < -0.4 is 0 Å². The topological polar surface area (TPSA) is 70.8 Å². The number of ether oxygens (including phenoxy) is 1. The average Bonchev–Trinajstić information content (AvgIpc) is 3.24. The smallest absolute Gasteiger partial charge is 0.416 e. The largest absolute Gasteiger partial charge is 0.445 e. The van der Waals surface area contributed by atoms with Crippen LogP contribution in [0.2, 0.25) is 0 Å². The number of benzene rings is 1. The predicted octanol–water partition coefficient (Wildman–Crippen LogP) is 4.59. The van der Waals surface area contributed by atoms with Crippen molar-refractivity contribution in [2.75, 3.05) is 19.6 Å². The van der Waals surface area contributed by atoms with E-state index in [-0.39, 0.29) is 31.3 Å². The minimum absolute atomic E-state index is 0.0136. The fourth-order valence-electron chi connectivity index (χ4n) is 4.45. The molecule has 1 aromatic heterocycles. The molecular weight excluding hydrogens is 494 g/mol. The molecule has 3 heterocycles. The van der Waals surface area contributed by atoms with Crippen molar-refractivity contribution in [2.45, 2.75) is 64.0 Å². The molecule has 1 unspecified atom stereocenters. The zero-order valence-corrected chi connectivity index (χ0v) is 19.4. The van der Waals surface area contributed by atoms with E-state index in [1.807, 2.05) is 13.0 Å². The van der Waals surface area contributed by atoms with E-state index < -0.39 is 41.7 Å². The van der Waals surface area contributed by atoms with Gasteiger partial charge in [-0.2, -0.15) is 31.4 Å². The highest BCUT2D eigenvalue weighted by Gasteiger charge is 2.37. The molecule has 2 aliphatic rings. The molecule has 0 aliphatic carbocycles. The van der Waals surface area contributed by atoms with Crippen LogP contribution >= 0.6 is 0 Å². The lowest BCUT2D eigenvalue weighted by Crippen LogP contribution is -2.38. The zero-order valence-electron chi connectivity index (χ0n) is 19.4. The van der Waals surface area contributed by atoms with E-state index in [9.17, 15) is 36.2 Å². The number of carbonyl (C=O) groups excluding carboxylic acids is 1. The number of aliphatic hydroxyl groups is 1. The Morgan fingerprint density at radius 3 is 2.22 bits per heavy atom. The second kappa shape index (κ2) is 9.92. The normalized spacial score (nSPS) is 18.7. The number of aliphatic hydroxyl groups excluding tert-OH is 1. The molecule has 1 N–H and O–H groups in total. The van der Waals surface area contributed by atoms with Crippen LogP contribution in [0.4, 0.5) is 31.1 Å². The number of aromatic nitrogens is 2. The number of likely N-dealkylation sites (tertiary alicyclic amines) is 1. The summed E-state index contributed by atoms with van der Waals surface area (Å²) in [6.07, 6.45) is -9.71. The van der Waals surface area contributed by atoms with E-state index in [4.69, 9.17) is 4.74 Å². The summed E-state index contributed by atoms with van der Waals surface area (Å²) < 4.78 is 85.2. The summed E-state index contributed by atoms with van der Waals surface area (Å²) in [5, 5.41) is 14.3. The summed E-state index contributed by atoms with van der Waals surface area (Å²) in [5.74, 6) is 0. The number of alkyl halides is 6. The van der Waals surface area contributed by atoms with Gasteiger partial charge < -0.3 is 14.7 Å². The van der Waals surface area contributed by atoms with Crippen molar-refractivity contribution in [3.05, 3.63) is 52.3 Å². The Kier molecular flexibility index (Phi) is 7.24. The van der Waals surface area contributed by atoms with Gasteiger partial charge in [0.25, 0.3) is 0 Å². The van der Waals surface area contributed by atoms with Gasteiger partial charge in [0.15, 0.2) is 0 Å². The lowest BCUT2D eigenvalue weighted by molar-refractivity contribution is -0.143. The summed E-state index contributed by atoms with van der Waals surface area (Å²) in [6, 6.07) is 3.00. The number of fused-ring (bicyclic) bond motifs is 1. The van der Waals surface area contributed by atoms with Gasteiger partial charge in [0, 0.05) is 19.6 Å². The van der Waals surface area contributed by atoms with Gasteiger partial charge in [0.1, 0.15) is 6.61 Å². The molecule has 36 heavy (non-hydrogen) atoms. The van der Waals surface area contributed by atoms with Crippen molar-refractivity contribution in [2.24, 2.45) is 0 Å². The van der Waals surface area contributed by atoms with E-state index in [1.165, 1.54) is 4.90 Å². The van der Waals surface area contributed by atoms with Crippen LogP contribution in [0.5, 0.6) is 0 Å². The summed E-state index contributed by atoms with van der Waals surface area (Å²) >= 11 is 0. The van der Waals surface area contributed by atoms with E-state index in [2.05, 4.69) is 10.00 Å². The van der Waals surface area contributed by atoms with Gasteiger partial charge >= 0.3 is 18.4 Å². The fraction of sp³-hybridized carbons (Fsp3) is 0.565. The Morgan fingerprint density at radius 2 is 1.64 bits per heavy atom. The number of hydrogen-bond acceptors (Lipinski definition) is 5. The van der Waals surface area contributed by atoms with Crippen LogP contribution in [0.25, 0.3) is 0 Å². The maximum atomic E-state index is 13.1. The van der Waals surface area contributed by atoms with Crippen molar-refractivity contribution in [3.63, 3.8) is 0 Å². The molecule has 0 saturated carbocycles. The lowest BCUT2D eigenvalue weighted by atomic mass is 10.0. The third kappa shape index (κ3) is 5.94. The third-order valence-electron chi connectivity index (χ3n) is 6.56. The molecule has 198 valence electrons. The maximum Gasteiger partial charge on any atom is 0.416 e. The van der Waals surface area contributed by atoms with E-state index in [1.54, 1.807) is 4.68 Å². The predicted molar refractivity (Wildman–Crippen MR) is 114 cm³/mol. The molecule has 1 amide bonds. The summed E-state index contributed by atoms with van der Waals surface area (Å²) in [4.78, 5) is 16.1. The first-order chi connectivity index (χ1) is 16.8. The van der Waals surface area contributed by atoms with Crippen molar-refractivity contribution in [1.82, 2.24) is 19.6 Å². The molecule has 0 bridgehead atoms. The summed E-state index contributed by atoms with van der Waals surface area (Å²) in [5.41, 5.74) is -1.77. The van der Waals surface area contributed by atoms with Crippen molar-refractivity contribution in [3.8, 4) is 0 Å². The lowest BCUT2D eigenvalue weighted by Gasteiger charge is -2.33. The quantitative estimate of drug-likeness (QED) is 0.598. The highest BCUT2D eigenvalue weighted by Crippen LogP contribution is 2.36. The van der Waals surface area contributed by atoms with Gasteiger partial charge in [0.05, 0.1) is 47.8 Å². The highest BCUT2D eigenvalue weighted by atomic mass is 19.4. The second-order valence-electron chi connectivity index (χ2n) is 9.12. The first-order valence-corrected chi connectivity index (χ1v) is 11.5. The molecule has 1 fully saturated rings. The zero-order chi connectivity index (χ0) is 26.3. The molecule has 1 saturated heterocycles. The maximum absolute atomic E-state index is 13.1. The third-order valence-corrected chi connectivity index (χ3v) is 6.56. The van der Waals surface area contributed by atoms with Crippen LogP contribution in [0.1, 0.15) is 53.9 Å². The Balaban J connectivity index is 1.40. The van der Waals surface area contributed by atoms with Gasteiger partial charge in [-0.25, -0.2) is 4.79 Å². The molecule has 1 atom stereocenters. The molecule has 0 spiro atoms. The monoisotopic (exact) mass is 520 g/mol. The number of piperidine rings is 1. The van der Waals surface area contributed by atoms with Crippen LogP contribution in [-0.2, 0) is 36.8 Å². The SMILES string of the molecule is CC(c1cc2n(n1)CCN(C(=O)OCc1cc(C(F)(F)F)cc(C(F)(F)F)c1)C2)N1CCC(O)CC1. The highest BCUT2D eigenvalue weighted by molar-refractivity contribution is 5.67. The Morgan fingerprint density at radius 1 is 1.03 bits per heavy atom. The first-order valence-electron chi connectivity index (χ1n) is 11.5. The minimum atomic E-state index is -4.98. The van der Waals surface area contributed by atoms with E-state index >= 15 is 0 Å². The average molecular weight is 520 g/mol. The molecule has 0 radical (unpaired) electrons. The minimum Gasteiger partial charge on any atom is -0.445 e. The second-order valence-corrected chi connectivity index (χ2v) is 9.12. The van der Waals surface area contributed by atoms with Crippen LogP contribution in [0.3, 0.4) is 0 Å². The van der Waals surface area contributed by atoms with E-state index in [0.29, 0.717) is 31.5 Å². The Hall–Kier alpha value is -2.80. The molecule has 4 rings (SSSR count). The van der Waals surface area contributed by atoms with Gasteiger partial charge in [-0.05, 0) is 49.6 Å². The molecular formula is C23H26F6N4O3. The van der Waals surface area contributed by atoms with Gasteiger partial charge in [0.2, 0.25) is 0 Å². The van der Waals surface area contributed by atoms with Crippen molar-refractivity contribution >= 4 is 6.09 Å².